The molecule has 0 saturated heterocycles. The van der Waals surface area contributed by atoms with E-state index in [1.165, 1.54) is 6.07 Å². The van der Waals surface area contributed by atoms with Crippen molar-refractivity contribution in [2.75, 3.05) is 0 Å². The van der Waals surface area contributed by atoms with Gasteiger partial charge in [-0.05, 0) is 38.3 Å². The van der Waals surface area contributed by atoms with Crippen LogP contribution in [0.2, 0.25) is 0 Å². The van der Waals surface area contributed by atoms with Crippen LogP contribution in [-0.4, -0.2) is 19.1 Å². The van der Waals surface area contributed by atoms with E-state index in [-0.39, 0.29) is 5.75 Å². The highest BCUT2D eigenvalue weighted by Crippen LogP contribution is 2.23. The van der Waals surface area contributed by atoms with Crippen molar-refractivity contribution in [2.45, 2.75) is 32.3 Å². The van der Waals surface area contributed by atoms with Gasteiger partial charge in [-0.25, -0.2) is 0 Å². The van der Waals surface area contributed by atoms with E-state index in [2.05, 4.69) is 4.18 Å². The van der Waals surface area contributed by atoms with Gasteiger partial charge in [-0.3, -0.25) is 0 Å². The summed E-state index contributed by atoms with van der Waals surface area (Å²) in [6.45, 7) is 3.28. The molecule has 1 N–H and O–H groups in total. The second-order valence-corrected chi connectivity index (χ2v) is 5.35. The normalized spacial score (nSPS) is 12.5. The number of para-hydroxylation sites is 1. The van der Waals surface area contributed by atoms with Crippen molar-refractivity contribution >= 4 is 10.5 Å². The van der Waals surface area contributed by atoms with Crippen molar-refractivity contribution in [1.82, 2.24) is 0 Å². The number of halogens is 1. The lowest BCUT2D eigenvalue weighted by molar-refractivity contribution is 0.0713. The molecule has 96 valence electrons. The number of aliphatic hydroxyl groups is 1. The lowest BCUT2D eigenvalue weighted by Crippen LogP contribution is -2.19. The van der Waals surface area contributed by atoms with Crippen molar-refractivity contribution in [3.63, 3.8) is 0 Å². The number of benzene rings is 1. The number of hydrogen-bond donors (Lipinski definition) is 1. The molecule has 0 spiro atoms. The average Bonchev–Trinajstić information content (AvgIpc) is 2.12. The Hall–Kier alpha value is -1.14. The van der Waals surface area contributed by atoms with Crippen LogP contribution in [0, 0.1) is 0 Å². The summed E-state index contributed by atoms with van der Waals surface area (Å²) in [5.41, 5.74) is -0.335. The van der Waals surface area contributed by atoms with Gasteiger partial charge in [0.1, 0.15) is 5.75 Å². The van der Waals surface area contributed by atoms with E-state index < -0.39 is 16.1 Å². The smallest absolute Gasteiger partial charge is 0.390 e. The second kappa shape index (κ2) is 5.01. The number of aryl methyl sites for hydroxylation is 1. The first-order valence-electron chi connectivity index (χ1n) is 5.12. The Bertz CT molecular complexity index is 476. The molecular formula is C11H15FO4S. The Kier molecular flexibility index (Phi) is 4.11. The lowest BCUT2D eigenvalue weighted by atomic mass is 9.98. The third-order valence-electron chi connectivity index (χ3n) is 2.17. The highest BCUT2D eigenvalue weighted by atomic mass is 32.3. The standard InChI is InChI=1S/C11H15FO4S/c1-11(2,13)8-7-9-5-3-4-6-10(9)16-17(12,14)15/h3-6,13H,7-8H2,1-2H3. The molecule has 0 aliphatic carbocycles. The van der Waals surface area contributed by atoms with Gasteiger partial charge in [0, 0.05) is 0 Å². The number of hydrogen-bond acceptors (Lipinski definition) is 4. The van der Waals surface area contributed by atoms with Crippen LogP contribution in [-0.2, 0) is 16.9 Å². The van der Waals surface area contributed by atoms with Crippen LogP contribution in [0.5, 0.6) is 5.75 Å². The zero-order chi connectivity index (χ0) is 13.1. The van der Waals surface area contributed by atoms with Crippen molar-refractivity contribution < 1.29 is 21.6 Å². The Balaban J connectivity index is 2.85. The molecule has 1 aromatic rings. The van der Waals surface area contributed by atoms with E-state index in [0.717, 1.165) is 0 Å². The van der Waals surface area contributed by atoms with E-state index in [1.54, 1.807) is 32.0 Å². The molecule has 0 aliphatic heterocycles. The molecule has 1 aromatic carbocycles. The molecule has 17 heavy (non-hydrogen) atoms. The van der Waals surface area contributed by atoms with Gasteiger partial charge in [-0.15, -0.1) is 0 Å². The summed E-state index contributed by atoms with van der Waals surface area (Å²) in [7, 11) is -5.02. The van der Waals surface area contributed by atoms with E-state index >= 15 is 0 Å². The summed E-state index contributed by atoms with van der Waals surface area (Å²) in [6.07, 6.45) is 0.814. The third kappa shape index (κ3) is 5.65. The highest BCUT2D eigenvalue weighted by molar-refractivity contribution is 7.81. The third-order valence-corrected chi connectivity index (χ3v) is 2.55. The molecular weight excluding hydrogens is 247 g/mol. The molecule has 0 aliphatic rings. The molecule has 0 heterocycles. The topological polar surface area (TPSA) is 63.6 Å². The summed E-state index contributed by atoms with van der Waals surface area (Å²) in [5, 5.41) is 9.57. The van der Waals surface area contributed by atoms with E-state index in [1.807, 2.05) is 0 Å². The van der Waals surface area contributed by atoms with Gasteiger partial charge in [0.15, 0.2) is 0 Å². The summed E-state index contributed by atoms with van der Waals surface area (Å²) in [4.78, 5) is 0. The van der Waals surface area contributed by atoms with Gasteiger partial charge in [-0.1, -0.05) is 22.1 Å². The van der Waals surface area contributed by atoms with Crippen LogP contribution in [0.4, 0.5) is 3.89 Å². The van der Waals surface area contributed by atoms with Crippen LogP contribution in [0.1, 0.15) is 25.8 Å². The van der Waals surface area contributed by atoms with Crippen LogP contribution in [0.15, 0.2) is 24.3 Å². The van der Waals surface area contributed by atoms with Gasteiger partial charge in [0.2, 0.25) is 0 Å². The summed E-state index contributed by atoms with van der Waals surface area (Å²) >= 11 is 0. The van der Waals surface area contributed by atoms with Crippen LogP contribution in [0.25, 0.3) is 0 Å². The predicted molar refractivity (Wildman–Crippen MR) is 61.7 cm³/mol. The molecule has 0 bridgehead atoms. The Morgan fingerprint density at radius 3 is 2.47 bits per heavy atom. The summed E-state index contributed by atoms with van der Waals surface area (Å²) in [5.74, 6) is -0.0424. The zero-order valence-corrected chi connectivity index (χ0v) is 10.5. The fourth-order valence-electron chi connectivity index (χ4n) is 1.34. The van der Waals surface area contributed by atoms with Crippen molar-refractivity contribution in [1.29, 1.82) is 0 Å². The maximum atomic E-state index is 12.4. The highest BCUT2D eigenvalue weighted by Gasteiger charge is 2.16. The molecule has 6 heteroatoms. The SMILES string of the molecule is CC(C)(O)CCc1ccccc1OS(=O)(=O)F. The monoisotopic (exact) mass is 262 g/mol. The van der Waals surface area contributed by atoms with E-state index in [4.69, 9.17) is 0 Å². The minimum Gasteiger partial charge on any atom is -0.390 e. The van der Waals surface area contributed by atoms with Crippen LogP contribution < -0.4 is 4.18 Å². The van der Waals surface area contributed by atoms with Gasteiger partial charge >= 0.3 is 10.5 Å². The quantitative estimate of drug-likeness (QED) is 0.824. The van der Waals surface area contributed by atoms with Gasteiger partial charge in [0.25, 0.3) is 0 Å². The van der Waals surface area contributed by atoms with Crippen LogP contribution >= 0.6 is 0 Å². The molecule has 0 radical (unpaired) electrons. The Labute approximate surface area is 100 Å². The van der Waals surface area contributed by atoms with E-state index in [0.29, 0.717) is 18.4 Å². The largest absolute Gasteiger partial charge is 0.488 e. The maximum absolute atomic E-state index is 12.4. The fraction of sp³-hybridized carbons (Fsp3) is 0.455. The predicted octanol–water partition coefficient (Wildman–Crippen LogP) is 1.98. The molecule has 0 unspecified atom stereocenters. The average molecular weight is 262 g/mol. The molecule has 4 nitrogen and oxygen atoms in total. The molecule has 0 saturated carbocycles. The van der Waals surface area contributed by atoms with Gasteiger partial charge in [-0.2, -0.15) is 8.42 Å². The molecule has 0 amide bonds. The zero-order valence-electron chi connectivity index (χ0n) is 9.68. The second-order valence-electron chi connectivity index (χ2n) is 4.40. The number of rotatable bonds is 5. The molecule has 0 atom stereocenters. The molecule has 0 aromatic heterocycles. The van der Waals surface area contributed by atoms with Gasteiger partial charge in [0.05, 0.1) is 5.60 Å². The van der Waals surface area contributed by atoms with E-state index in [9.17, 15) is 17.4 Å². The first-order valence-corrected chi connectivity index (χ1v) is 6.43. The summed E-state index contributed by atoms with van der Waals surface area (Å²) in [6, 6.07) is 6.24. The minimum absolute atomic E-state index is 0.0424. The Morgan fingerprint density at radius 1 is 1.35 bits per heavy atom. The van der Waals surface area contributed by atoms with Crippen molar-refractivity contribution in [3.8, 4) is 5.75 Å². The Morgan fingerprint density at radius 2 is 1.94 bits per heavy atom. The van der Waals surface area contributed by atoms with Crippen LogP contribution in [0.3, 0.4) is 0 Å². The molecule has 1 rings (SSSR count). The first kappa shape index (κ1) is 13.9. The van der Waals surface area contributed by atoms with Crippen molar-refractivity contribution in [3.05, 3.63) is 29.8 Å². The first-order chi connectivity index (χ1) is 7.67. The molecule has 0 fully saturated rings. The lowest BCUT2D eigenvalue weighted by Gasteiger charge is -2.17. The summed E-state index contributed by atoms with van der Waals surface area (Å²) < 4.78 is 37.5. The fourth-order valence-corrected chi connectivity index (χ4v) is 1.72. The maximum Gasteiger partial charge on any atom is 0.488 e. The minimum atomic E-state index is -5.02. The van der Waals surface area contributed by atoms with Crippen molar-refractivity contribution in [2.24, 2.45) is 0 Å². The van der Waals surface area contributed by atoms with Gasteiger partial charge < -0.3 is 9.29 Å².